The molecule has 2 heterocycles. The van der Waals surface area contributed by atoms with Crippen LogP contribution in [0.4, 0.5) is 0 Å². The number of aliphatic hydroxyl groups excluding tert-OH is 1. The van der Waals surface area contributed by atoms with Crippen LogP contribution in [0.3, 0.4) is 0 Å². The summed E-state index contributed by atoms with van der Waals surface area (Å²) in [6.07, 6.45) is 7.18. The van der Waals surface area contributed by atoms with Crippen molar-refractivity contribution in [1.29, 1.82) is 0 Å². The molecule has 156 valence electrons. The van der Waals surface area contributed by atoms with E-state index >= 15 is 0 Å². The average Bonchev–Trinajstić information content (AvgIpc) is 3.09. The van der Waals surface area contributed by atoms with Gasteiger partial charge in [-0.15, -0.1) is 35.3 Å². The topological polar surface area (TPSA) is 59.9 Å². The van der Waals surface area contributed by atoms with Crippen molar-refractivity contribution < 1.29 is 5.11 Å². The van der Waals surface area contributed by atoms with Gasteiger partial charge in [0.25, 0.3) is 0 Å². The predicted molar refractivity (Wildman–Crippen MR) is 128 cm³/mol. The van der Waals surface area contributed by atoms with Gasteiger partial charge in [0, 0.05) is 18.0 Å². The van der Waals surface area contributed by atoms with Crippen molar-refractivity contribution >= 4 is 52.9 Å². The van der Waals surface area contributed by atoms with Gasteiger partial charge in [-0.2, -0.15) is 0 Å². The molecule has 1 fully saturated rings. The lowest BCUT2D eigenvalue weighted by Gasteiger charge is -2.26. The molecule has 0 aromatic carbocycles. The summed E-state index contributed by atoms with van der Waals surface area (Å²) in [5.41, 5.74) is 0. The monoisotopic (exact) mass is 528 g/mol. The van der Waals surface area contributed by atoms with Crippen molar-refractivity contribution in [3.8, 4) is 0 Å². The minimum atomic E-state index is -0.604. The Morgan fingerprint density at radius 1 is 1.22 bits per heavy atom. The molecule has 27 heavy (non-hydrogen) atoms. The molecule has 0 saturated carbocycles. The van der Waals surface area contributed by atoms with Crippen molar-refractivity contribution in [2.45, 2.75) is 51.6 Å². The van der Waals surface area contributed by atoms with Gasteiger partial charge in [0.15, 0.2) is 5.96 Å². The summed E-state index contributed by atoms with van der Waals surface area (Å²) >= 11 is 7.32. The van der Waals surface area contributed by atoms with E-state index in [9.17, 15) is 5.11 Å². The van der Waals surface area contributed by atoms with Crippen LogP contribution >= 0.6 is 46.9 Å². The maximum Gasteiger partial charge on any atom is 0.191 e. The molecular formula is C19H34ClIN4OS. The molecule has 1 aromatic rings. The number of likely N-dealkylation sites (tertiary alicyclic amines) is 1. The summed E-state index contributed by atoms with van der Waals surface area (Å²) in [7, 11) is 0. The molecule has 8 heteroatoms. The SMILES string of the molecule is CCNC(=NCC(O)c1ccc(Cl)s1)NCCCCCN1CCCCC1.I. The van der Waals surface area contributed by atoms with Crippen LogP contribution in [0.1, 0.15) is 56.4 Å². The Balaban J connectivity index is 0.00000364. The minimum absolute atomic E-state index is 0. The number of hydrogen-bond donors (Lipinski definition) is 3. The molecule has 0 radical (unpaired) electrons. The van der Waals surface area contributed by atoms with Gasteiger partial charge >= 0.3 is 0 Å². The first-order valence-electron chi connectivity index (χ1n) is 9.87. The molecular weight excluding hydrogens is 495 g/mol. The maximum absolute atomic E-state index is 10.2. The lowest BCUT2D eigenvalue weighted by molar-refractivity contribution is 0.191. The van der Waals surface area contributed by atoms with Crippen molar-refractivity contribution in [3.05, 3.63) is 21.3 Å². The molecule has 1 saturated heterocycles. The molecule has 0 bridgehead atoms. The average molecular weight is 529 g/mol. The summed E-state index contributed by atoms with van der Waals surface area (Å²) < 4.78 is 0.692. The summed E-state index contributed by atoms with van der Waals surface area (Å²) in [5, 5.41) is 16.8. The summed E-state index contributed by atoms with van der Waals surface area (Å²) in [6.45, 7) is 7.91. The first-order chi connectivity index (χ1) is 12.7. The fourth-order valence-corrected chi connectivity index (χ4v) is 4.18. The van der Waals surface area contributed by atoms with Gasteiger partial charge < -0.3 is 20.6 Å². The van der Waals surface area contributed by atoms with E-state index in [1.54, 1.807) is 0 Å². The molecule has 1 aromatic heterocycles. The van der Waals surface area contributed by atoms with E-state index in [1.165, 1.54) is 63.1 Å². The largest absolute Gasteiger partial charge is 0.386 e. The van der Waals surface area contributed by atoms with Crippen LogP contribution in [-0.2, 0) is 0 Å². The third-order valence-electron chi connectivity index (χ3n) is 4.58. The van der Waals surface area contributed by atoms with Crippen LogP contribution in [0.2, 0.25) is 4.34 Å². The van der Waals surface area contributed by atoms with E-state index in [1.807, 2.05) is 19.1 Å². The molecule has 3 N–H and O–H groups in total. The number of aliphatic hydroxyl groups is 1. The standard InChI is InChI=1S/C19H33ClN4OS.HI/c1-2-21-19(23-15-16(25)17-9-10-18(20)26-17)22-11-5-3-6-12-24-13-7-4-8-14-24;/h9-10,16,25H,2-8,11-15H2,1H3,(H2,21,22,23);1H. The molecule has 1 atom stereocenters. The Kier molecular flexibility index (Phi) is 13.7. The van der Waals surface area contributed by atoms with Gasteiger partial charge in [0.2, 0.25) is 0 Å². The molecule has 0 amide bonds. The quantitative estimate of drug-likeness (QED) is 0.184. The number of rotatable bonds is 10. The number of aliphatic imine (C=N–C) groups is 1. The van der Waals surface area contributed by atoms with E-state index in [0.717, 1.165) is 30.3 Å². The lowest BCUT2D eigenvalue weighted by atomic mass is 10.1. The Morgan fingerprint density at radius 3 is 2.67 bits per heavy atom. The number of thiophene rings is 1. The van der Waals surface area contributed by atoms with Crippen molar-refractivity contribution in [1.82, 2.24) is 15.5 Å². The van der Waals surface area contributed by atoms with Gasteiger partial charge in [-0.1, -0.05) is 24.4 Å². The highest BCUT2D eigenvalue weighted by molar-refractivity contribution is 14.0. The molecule has 0 aliphatic carbocycles. The van der Waals surface area contributed by atoms with E-state index in [4.69, 9.17) is 11.6 Å². The lowest BCUT2D eigenvalue weighted by Crippen LogP contribution is -2.38. The van der Waals surface area contributed by atoms with Crippen LogP contribution in [0.5, 0.6) is 0 Å². The Bertz CT molecular complexity index is 538. The van der Waals surface area contributed by atoms with Crippen LogP contribution in [0.15, 0.2) is 17.1 Å². The molecule has 1 unspecified atom stereocenters. The third kappa shape index (κ3) is 10.3. The summed E-state index contributed by atoms with van der Waals surface area (Å²) in [4.78, 5) is 7.94. The zero-order valence-corrected chi connectivity index (χ0v) is 20.2. The zero-order chi connectivity index (χ0) is 18.6. The molecule has 0 spiro atoms. The Morgan fingerprint density at radius 2 is 2.00 bits per heavy atom. The Hall–Kier alpha value is -0.0900. The second-order valence-corrected chi connectivity index (χ2v) is 8.51. The van der Waals surface area contributed by atoms with Crippen LogP contribution < -0.4 is 10.6 Å². The van der Waals surface area contributed by atoms with E-state index in [-0.39, 0.29) is 24.0 Å². The van der Waals surface area contributed by atoms with Gasteiger partial charge in [-0.25, -0.2) is 0 Å². The van der Waals surface area contributed by atoms with Crippen LogP contribution in [0, 0.1) is 0 Å². The summed E-state index contributed by atoms with van der Waals surface area (Å²) in [6, 6.07) is 3.66. The highest BCUT2D eigenvalue weighted by Crippen LogP contribution is 2.26. The number of nitrogens with zero attached hydrogens (tertiary/aromatic N) is 2. The number of halogens is 2. The third-order valence-corrected chi connectivity index (χ3v) is 5.91. The highest BCUT2D eigenvalue weighted by atomic mass is 127. The van der Waals surface area contributed by atoms with E-state index in [0.29, 0.717) is 10.9 Å². The zero-order valence-electron chi connectivity index (χ0n) is 16.3. The fraction of sp³-hybridized carbons (Fsp3) is 0.737. The van der Waals surface area contributed by atoms with Gasteiger partial charge in [-0.05, 0) is 64.4 Å². The second-order valence-electron chi connectivity index (χ2n) is 6.77. The number of piperidine rings is 1. The number of nitrogens with one attached hydrogen (secondary N) is 2. The maximum atomic E-state index is 10.2. The van der Waals surface area contributed by atoms with E-state index in [2.05, 4.69) is 20.5 Å². The fourth-order valence-electron chi connectivity index (χ4n) is 3.14. The second kappa shape index (κ2) is 14.8. The van der Waals surface area contributed by atoms with Crippen molar-refractivity contribution in [2.75, 3.05) is 39.3 Å². The number of hydrogen-bond acceptors (Lipinski definition) is 4. The van der Waals surface area contributed by atoms with Crippen LogP contribution in [-0.4, -0.2) is 55.2 Å². The van der Waals surface area contributed by atoms with Gasteiger partial charge in [0.05, 0.1) is 10.9 Å². The van der Waals surface area contributed by atoms with Gasteiger partial charge in [-0.3, -0.25) is 4.99 Å². The van der Waals surface area contributed by atoms with E-state index < -0.39 is 6.10 Å². The van der Waals surface area contributed by atoms with Gasteiger partial charge in [0.1, 0.15) is 6.10 Å². The minimum Gasteiger partial charge on any atom is -0.386 e. The molecule has 1 aliphatic heterocycles. The normalized spacial score (nSPS) is 16.6. The Labute approximate surface area is 190 Å². The molecule has 1 aliphatic rings. The highest BCUT2D eigenvalue weighted by Gasteiger charge is 2.10. The number of unbranched alkanes of at least 4 members (excludes halogenated alkanes) is 2. The van der Waals surface area contributed by atoms with Crippen LogP contribution in [0.25, 0.3) is 0 Å². The molecule has 2 rings (SSSR count). The first kappa shape index (κ1) is 24.9. The number of guanidine groups is 1. The summed E-state index contributed by atoms with van der Waals surface area (Å²) in [5.74, 6) is 0.769. The first-order valence-corrected chi connectivity index (χ1v) is 11.1. The van der Waals surface area contributed by atoms with Crippen molar-refractivity contribution in [3.63, 3.8) is 0 Å². The van der Waals surface area contributed by atoms with Crippen molar-refractivity contribution in [2.24, 2.45) is 4.99 Å². The predicted octanol–water partition coefficient (Wildman–Crippen LogP) is 4.26. The smallest absolute Gasteiger partial charge is 0.191 e. The molecule has 5 nitrogen and oxygen atoms in total.